The summed E-state index contributed by atoms with van der Waals surface area (Å²) in [5.74, 6) is 1.75. The van der Waals surface area contributed by atoms with Crippen molar-refractivity contribution in [1.29, 1.82) is 0 Å². The Bertz CT molecular complexity index is 547. The van der Waals surface area contributed by atoms with Crippen LogP contribution in [-0.4, -0.2) is 16.0 Å². The average Bonchev–Trinajstić information content (AvgIpc) is 2.91. The third kappa shape index (κ3) is 2.96. The summed E-state index contributed by atoms with van der Waals surface area (Å²) in [5, 5.41) is 3.71. The van der Waals surface area contributed by atoms with E-state index in [1.54, 1.807) is 0 Å². The Balaban J connectivity index is 1.55. The van der Waals surface area contributed by atoms with Gasteiger partial charge in [-0.25, -0.2) is 4.98 Å². The van der Waals surface area contributed by atoms with Gasteiger partial charge >= 0.3 is 0 Å². The van der Waals surface area contributed by atoms with Crippen LogP contribution in [0.5, 0.6) is 0 Å². The molecule has 2 aromatic rings. The Hall–Kier alpha value is -1.13. The van der Waals surface area contributed by atoms with Gasteiger partial charge in [-0.05, 0) is 42.9 Å². The highest BCUT2D eigenvalue weighted by Gasteiger charge is 2.32. The van der Waals surface area contributed by atoms with Crippen LogP contribution in [0.1, 0.15) is 49.5 Å². The van der Waals surface area contributed by atoms with Crippen LogP contribution >= 0.6 is 15.9 Å². The highest BCUT2D eigenvalue weighted by Crippen LogP contribution is 2.38. The summed E-state index contributed by atoms with van der Waals surface area (Å²) in [7, 11) is 0. The van der Waals surface area contributed by atoms with Gasteiger partial charge in [0.05, 0.1) is 6.04 Å². The maximum atomic E-state index is 4.36. The zero-order valence-corrected chi connectivity index (χ0v) is 13.2. The first-order valence-corrected chi connectivity index (χ1v) is 8.06. The topological polar surface area (TPSA) is 40.7 Å². The van der Waals surface area contributed by atoms with Crippen molar-refractivity contribution in [1.82, 2.24) is 15.3 Å². The Labute approximate surface area is 128 Å². The van der Waals surface area contributed by atoms with E-state index >= 15 is 0 Å². The maximum absolute atomic E-state index is 4.36. The van der Waals surface area contributed by atoms with Gasteiger partial charge in [0.1, 0.15) is 5.82 Å². The van der Waals surface area contributed by atoms with E-state index in [0.29, 0.717) is 18.0 Å². The van der Waals surface area contributed by atoms with Crippen LogP contribution in [-0.2, 0) is 0 Å². The minimum atomic E-state index is 0.346. The second-order valence-electron chi connectivity index (χ2n) is 5.52. The van der Waals surface area contributed by atoms with E-state index in [9.17, 15) is 0 Å². The summed E-state index contributed by atoms with van der Waals surface area (Å²) >= 11 is 3.55. The normalized spacial score (nSPS) is 23.3. The number of H-pyrrole nitrogens is 1. The maximum Gasteiger partial charge on any atom is 0.123 e. The van der Waals surface area contributed by atoms with Crippen molar-refractivity contribution in [2.24, 2.45) is 0 Å². The van der Waals surface area contributed by atoms with Gasteiger partial charge in [0, 0.05) is 22.9 Å². The van der Waals surface area contributed by atoms with Gasteiger partial charge in [-0.15, -0.1) is 0 Å². The standard InChI is InChI=1S/C16H20BrN3/c1-2-15(16-18-6-7-19-16)20-14-9-12(10-14)11-4-3-5-13(17)8-11/h3-8,12,14-15,20H,2,9-10H2,1H3,(H,18,19). The molecule has 0 radical (unpaired) electrons. The second kappa shape index (κ2) is 6.10. The lowest BCUT2D eigenvalue weighted by Crippen LogP contribution is -2.42. The number of benzene rings is 1. The van der Waals surface area contributed by atoms with Crippen molar-refractivity contribution in [3.05, 3.63) is 52.5 Å². The molecule has 1 fully saturated rings. The first kappa shape index (κ1) is 13.8. The molecule has 1 aromatic carbocycles. The summed E-state index contributed by atoms with van der Waals surface area (Å²) < 4.78 is 1.17. The van der Waals surface area contributed by atoms with E-state index in [0.717, 1.165) is 12.2 Å². The molecule has 1 saturated carbocycles. The molecule has 3 nitrogen and oxygen atoms in total. The van der Waals surface area contributed by atoms with Gasteiger partial charge in [-0.1, -0.05) is 35.0 Å². The van der Waals surface area contributed by atoms with Gasteiger partial charge in [-0.2, -0.15) is 0 Å². The molecule has 1 unspecified atom stereocenters. The number of aromatic nitrogens is 2. The van der Waals surface area contributed by atoms with E-state index in [1.165, 1.54) is 22.9 Å². The van der Waals surface area contributed by atoms with Crippen LogP contribution in [0.25, 0.3) is 0 Å². The van der Waals surface area contributed by atoms with Crippen LogP contribution in [0.3, 0.4) is 0 Å². The Morgan fingerprint density at radius 2 is 2.30 bits per heavy atom. The lowest BCUT2D eigenvalue weighted by molar-refractivity contribution is 0.259. The van der Waals surface area contributed by atoms with E-state index in [2.05, 4.69) is 62.4 Å². The molecule has 1 aliphatic carbocycles. The zero-order valence-electron chi connectivity index (χ0n) is 11.6. The number of aromatic amines is 1. The fourth-order valence-corrected chi connectivity index (χ4v) is 3.35. The van der Waals surface area contributed by atoms with Gasteiger partial charge in [-0.3, -0.25) is 0 Å². The van der Waals surface area contributed by atoms with Crippen LogP contribution in [0.4, 0.5) is 0 Å². The van der Waals surface area contributed by atoms with Crippen molar-refractivity contribution in [3.8, 4) is 0 Å². The molecule has 3 rings (SSSR count). The molecule has 0 amide bonds. The number of nitrogens with zero attached hydrogens (tertiary/aromatic N) is 1. The molecule has 106 valence electrons. The highest BCUT2D eigenvalue weighted by molar-refractivity contribution is 9.10. The number of halogens is 1. The number of hydrogen-bond donors (Lipinski definition) is 2. The molecule has 0 aliphatic heterocycles. The van der Waals surface area contributed by atoms with Crippen molar-refractivity contribution < 1.29 is 0 Å². The Morgan fingerprint density at radius 1 is 1.45 bits per heavy atom. The molecule has 0 bridgehead atoms. The lowest BCUT2D eigenvalue weighted by atomic mass is 9.75. The third-order valence-electron chi connectivity index (χ3n) is 4.15. The van der Waals surface area contributed by atoms with Crippen LogP contribution in [0.15, 0.2) is 41.1 Å². The van der Waals surface area contributed by atoms with E-state index in [-0.39, 0.29) is 0 Å². The van der Waals surface area contributed by atoms with Crippen molar-refractivity contribution in [2.75, 3.05) is 0 Å². The largest absolute Gasteiger partial charge is 0.347 e. The lowest BCUT2D eigenvalue weighted by Gasteiger charge is -2.38. The molecule has 1 heterocycles. The molecule has 0 spiro atoms. The van der Waals surface area contributed by atoms with E-state index < -0.39 is 0 Å². The molecular weight excluding hydrogens is 314 g/mol. The smallest absolute Gasteiger partial charge is 0.123 e. The molecular formula is C16H20BrN3. The number of rotatable bonds is 5. The van der Waals surface area contributed by atoms with Crippen molar-refractivity contribution in [2.45, 2.75) is 44.2 Å². The summed E-state index contributed by atoms with van der Waals surface area (Å²) in [5.41, 5.74) is 1.45. The Kier molecular flexibility index (Phi) is 4.22. The van der Waals surface area contributed by atoms with Gasteiger partial charge in [0.25, 0.3) is 0 Å². The molecule has 0 saturated heterocycles. The zero-order chi connectivity index (χ0) is 13.9. The molecule has 2 N–H and O–H groups in total. The van der Waals surface area contributed by atoms with Gasteiger partial charge in [0.2, 0.25) is 0 Å². The van der Waals surface area contributed by atoms with Crippen LogP contribution in [0, 0.1) is 0 Å². The summed E-state index contributed by atoms with van der Waals surface area (Å²) in [6.07, 6.45) is 7.21. The fourth-order valence-electron chi connectivity index (χ4n) is 2.93. The summed E-state index contributed by atoms with van der Waals surface area (Å²) in [6.45, 7) is 2.20. The number of imidazole rings is 1. The van der Waals surface area contributed by atoms with Crippen LogP contribution in [0.2, 0.25) is 0 Å². The van der Waals surface area contributed by atoms with Crippen LogP contribution < -0.4 is 5.32 Å². The quantitative estimate of drug-likeness (QED) is 0.862. The number of hydrogen-bond acceptors (Lipinski definition) is 2. The van der Waals surface area contributed by atoms with Gasteiger partial charge < -0.3 is 10.3 Å². The van der Waals surface area contributed by atoms with E-state index in [1.807, 2.05) is 12.4 Å². The van der Waals surface area contributed by atoms with Gasteiger partial charge in [0.15, 0.2) is 0 Å². The minimum Gasteiger partial charge on any atom is -0.347 e. The second-order valence-corrected chi connectivity index (χ2v) is 6.44. The third-order valence-corrected chi connectivity index (χ3v) is 4.65. The summed E-state index contributed by atoms with van der Waals surface area (Å²) in [4.78, 5) is 7.58. The summed E-state index contributed by atoms with van der Waals surface area (Å²) in [6, 6.07) is 9.63. The Morgan fingerprint density at radius 3 is 2.95 bits per heavy atom. The first-order chi connectivity index (χ1) is 9.76. The highest BCUT2D eigenvalue weighted by atomic mass is 79.9. The predicted octanol–water partition coefficient (Wildman–Crippen LogP) is 4.16. The van der Waals surface area contributed by atoms with Crippen molar-refractivity contribution in [3.63, 3.8) is 0 Å². The molecule has 20 heavy (non-hydrogen) atoms. The van der Waals surface area contributed by atoms with E-state index in [4.69, 9.17) is 0 Å². The monoisotopic (exact) mass is 333 g/mol. The minimum absolute atomic E-state index is 0.346. The van der Waals surface area contributed by atoms with Crippen molar-refractivity contribution >= 4 is 15.9 Å². The average molecular weight is 334 g/mol. The molecule has 1 atom stereocenters. The molecule has 1 aromatic heterocycles. The predicted molar refractivity (Wildman–Crippen MR) is 84.7 cm³/mol. The fraction of sp³-hybridized carbons (Fsp3) is 0.438. The SMILES string of the molecule is CCC(NC1CC(c2cccc(Br)c2)C1)c1ncc[nH]1. The molecule has 1 aliphatic rings. The molecule has 4 heteroatoms. The first-order valence-electron chi connectivity index (χ1n) is 7.27. The number of nitrogens with one attached hydrogen (secondary N) is 2.